The molecule has 0 aromatic carbocycles. The second-order valence-corrected chi connectivity index (χ2v) is 17.2. The second-order valence-electron chi connectivity index (χ2n) is 17.2. The number of ether oxygens (including phenoxy) is 2. The molecule has 0 spiro atoms. The molecule has 0 bridgehead atoms. The van der Waals surface area contributed by atoms with Crippen molar-refractivity contribution in [1.29, 1.82) is 0 Å². The van der Waals surface area contributed by atoms with Gasteiger partial charge in [0.25, 0.3) is 0 Å². The van der Waals surface area contributed by atoms with Crippen molar-refractivity contribution in [3.63, 3.8) is 0 Å². The number of carbonyl (C=O) groups excluding carboxylic acids is 1. The van der Waals surface area contributed by atoms with Crippen LogP contribution in [0.15, 0.2) is 158 Å². The van der Waals surface area contributed by atoms with E-state index in [4.69, 9.17) is 9.47 Å². The lowest BCUT2D eigenvalue weighted by atomic mass is 9.99. The highest BCUT2D eigenvalue weighted by Crippen LogP contribution is 2.22. The molecule has 69 heavy (non-hydrogen) atoms. The van der Waals surface area contributed by atoms with Crippen molar-refractivity contribution in [3.05, 3.63) is 158 Å². The topological polar surface area (TPSA) is 149 Å². The van der Waals surface area contributed by atoms with Crippen LogP contribution < -0.4 is 5.32 Å². The predicted octanol–water partition coefficient (Wildman–Crippen LogP) is 12.5. The van der Waals surface area contributed by atoms with Gasteiger partial charge in [-0.1, -0.05) is 191 Å². The Morgan fingerprint density at radius 2 is 0.928 bits per heavy atom. The van der Waals surface area contributed by atoms with Crippen molar-refractivity contribution in [3.8, 4) is 0 Å². The van der Waals surface area contributed by atoms with E-state index in [1.54, 1.807) is 6.08 Å². The Labute approximate surface area is 418 Å². The molecule has 0 saturated carbocycles. The highest BCUT2D eigenvalue weighted by Gasteiger charge is 2.44. The maximum absolute atomic E-state index is 12.9. The van der Waals surface area contributed by atoms with Crippen molar-refractivity contribution in [2.24, 2.45) is 0 Å². The van der Waals surface area contributed by atoms with Crippen LogP contribution in [0.1, 0.15) is 155 Å². The van der Waals surface area contributed by atoms with Crippen LogP contribution in [0.4, 0.5) is 0 Å². The number of nitrogens with one attached hydrogen (secondary N) is 1. The minimum atomic E-state index is -1.59. The molecule has 1 rings (SSSR count). The lowest BCUT2D eigenvalue weighted by Crippen LogP contribution is -2.60. The fraction of sp³-hybridized carbons (Fsp3) is 0.550. The number of hydrogen-bond donors (Lipinski definition) is 6. The Kier molecular flexibility index (Phi) is 43.2. The van der Waals surface area contributed by atoms with Crippen LogP contribution in [0.3, 0.4) is 0 Å². The highest BCUT2D eigenvalue weighted by molar-refractivity contribution is 5.76. The van der Waals surface area contributed by atoms with Gasteiger partial charge in [0.15, 0.2) is 6.29 Å². The molecule has 1 saturated heterocycles. The van der Waals surface area contributed by atoms with Gasteiger partial charge >= 0.3 is 0 Å². The number of aliphatic hydroxyl groups is 5. The van der Waals surface area contributed by atoms with E-state index >= 15 is 0 Å². The molecule has 7 unspecified atom stereocenters. The van der Waals surface area contributed by atoms with Gasteiger partial charge in [0.1, 0.15) is 24.4 Å². The van der Waals surface area contributed by atoms with Crippen molar-refractivity contribution in [1.82, 2.24) is 5.32 Å². The van der Waals surface area contributed by atoms with E-state index in [2.05, 4.69) is 152 Å². The summed E-state index contributed by atoms with van der Waals surface area (Å²) in [7, 11) is 0. The Balaban J connectivity index is 2.18. The van der Waals surface area contributed by atoms with Gasteiger partial charge in [-0.15, -0.1) is 0 Å². The molecule has 1 heterocycles. The first-order chi connectivity index (χ1) is 33.8. The van der Waals surface area contributed by atoms with Crippen LogP contribution in [0, 0.1) is 0 Å². The second kappa shape index (κ2) is 47.5. The predicted molar refractivity (Wildman–Crippen MR) is 289 cm³/mol. The molecule has 7 atom stereocenters. The summed E-state index contributed by atoms with van der Waals surface area (Å²) in [6.45, 7) is 3.36. The smallest absolute Gasteiger partial charge is 0.220 e. The third kappa shape index (κ3) is 37.3. The standard InChI is InChI=1S/C60H93NO8/c1-3-5-7-9-11-13-14-15-16-17-18-19-20-21-22-23-24-25-26-27-28-29-30-31-32-33-34-35-36-37-38-39-40-42-44-46-48-50-56(64)61-53(54(63)49-47-45-43-41-12-10-8-6-4-2)52-68-60-59(67)58(66)57(65)55(51-62)69-60/h4-7,11-13,15-16,18-19,21-22,24-25,27-28,30-31,33-34,36-37,41,47,49,53-55,57-60,62-63,65-67H,3,8-10,14,17,20,23,26,29,32,35,38-40,42-46,48,50-52H2,1-2H3,(H,61,64)/b6-4+,7-5-,13-11-,16-15-,19-18-,22-21-,25-24-,28-27-,31-30-,34-33-,37-36-,41-12+,49-47+. The zero-order chi connectivity index (χ0) is 50.1. The van der Waals surface area contributed by atoms with Gasteiger partial charge in [-0.3, -0.25) is 4.79 Å². The van der Waals surface area contributed by atoms with Crippen LogP contribution in [-0.2, 0) is 14.3 Å². The number of amides is 1. The monoisotopic (exact) mass is 956 g/mol. The first kappa shape index (κ1) is 62.8. The summed E-state index contributed by atoms with van der Waals surface area (Å²) in [5.74, 6) is -0.218. The number of aliphatic hydroxyl groups excluding tert-OH is 5. The molecule has 1 aliphatic rings. The fourth-order valence-corrected chi connectivity index (χ4v) is 7.04. The number of carbonyl (C=O) groups is 1. The third-order valence-corrected chi connectivity index (χ3v) is 11.2. The maximum atomic E-state index is 12.9. The van der Waals surface area contributed by atoms with Crippen LogP contribution in [0.5, 0.6) is 0 Å². The van der Waals surface area contributed by atoms with E-state index < -0.39 is 49.5 Å². The molecule has 0 aliphatic carbocycles. The van der Waals surface area contributed by atoms with Crippen LogP contribution >= 0.6 is 0 Å². The molecule has 9 heteroatoms. The van der Waals surface area contributed by atoms with Gasteiger partial charge in [0.05, 0.1) is 25.4 Å². The van der Waals surface area contributed by atoms with Gasteiger partial charge in [-0.25, -0.2) is 0 Å². The van der Waals surface area contributed by atoms with Crippen LogP contribution in [0.25, 0.3) is 0 Å². The Morgan fingerprint density at radius 1 is 0.522 bits per heavy atom. The third-order valence-electron chi connectivity index (χ3n) is 11.2. The Morgan fingerprint density at radius 3 is 1.39 bits per heavy atom. The average Bonchev–Trinajstić information content (AvgIpc) is 3.35. The molecule has 1 aliphatic heterocycles. The minimum Gasteiger partial charge on any atom is -0.394 e. The van der Waals surface area contributed by atoms with Gasteiger partial charge in [0, 0.05) is 6.42 Å². The molecule has 0 radical (unpaired) electrons. The summed E-state index contributed by atoms with van der Waals surface area (Å²) in [5, 5.41) is 54.0. The summed E-state index contributed by atoms with van der Waals surface area (Å²) in [5.41, 5.74) is 0. The SMILES string of the molecule is C/C=C/CC/C=C/CC/C=C/C(O)C(COC1OC(CO)C(O)C(O)C1O)NC(=O)CCCCCCCC/C=C\C/C=C\C/C=C\C/C=C\C/C=C\C/C=C\C/C=C\C/C=C\C/C=C\C/C=C\CC. The molecule has 0 aromatic heterocycles. The molecular formula is C60H93NO8. The van der Waals surface area contributed by atoms with Crippen LogP contribution in [-0.4, -0.2) is 87.5 Å². The number of rotatable bonds is 41. The van der Waals surface area contributed by atoms with Gasteiger partial charge in [-0.05, 0) is 116 Å². The van der Waals surface area contributed by atoms with Crippen molar-refractivity contribution >= 4 is 5.91 Å². The highest BCUT2D eigenvalue weighted by atomic mass is 16.7. The summed E-state index contributed by atoms with van der Waals surface area (Å²) < 4.78 is 11.2. The summed E-state index contributed by atoms with van der Waals surface area (Å²) in [4.78, 5) is 12.9. The number of unbranched alkanes of at least 4 members (excludes halogenated alkanes) is 8. The lowest BCUT2D eigenvalue weighted by Gasteiger charge is -2.40. The van der Waals surface area contributed by atoms with E-state index in [1.165, 1.54) is 0 Å². The van der Waals surface area contributed by atoms with Crippen molar-refractivity contribution in [2.45, 2.75) is 198 Å². The zero-order valence-electron chi connectivity index (χ0n) is 42.5. The largest absolute Gasteiger partial charge is 0.394 e. The molecule has 1 amide bonds. The Hall–Kier alpha value is -4.19. The zero-order valence-corrected chi connectivity index (χ0v) is 42.5. The molecular weight excluding hydrogens is 863 g/mol. The van der Waals surface area contributed by atoms with E-state index in [9.17, 15) is 30.3 Å². The van der Waals surface area contributed by atoms with Crippen molar-refractivity contribution in [2.75, 3.05) is 13.2 Å². The Bertz CT molecular complexity index is 1630. The van der Waals surface area contributed by atoms with Crippen LogP contribution in [0.2, 0.25) is 0 Å². The average molecular weight is 956 g/mol. The summed E-state index contributed by atoms with van der Waals surface area (Å²) in [6.07, 6.45) is 69.1. The first-order valence-electron chi connectivity index (χ1n) is 26.2. The molecule has 1 fully saturated rings. The molecule has 386 valence electrons. The first-order valence-corrected chi connectivity index (χ1v) is 26.2. The van der Waals surface area contributed by atoms with E-state index in [-0.39, 0.29) is 12.5 Å². The number of hydrogen-bond acceptors (Lipinski definition) is 8. The van der Waals surface area contributed by atoms with Crippen molar-refractivity contribution < 1.29 is 39.8 Å². The minimum absolute atomic E-state index is 0.218. The number of allylic oxidation sites excluding steroid dienone is 25. The van der Waals surface area contributed by atoms with Gasteiger partial charge in [-0.2, -0.15) is 0 Å². The van der Waals surface area contributed by atoms with E-state index in [0.717, 1.165) is 128 Å². The fourth-order valence-electron chi connectivity index (χ4n) is 7.04. The lowest BCUT2D eigenvalue weighted by molar-refractivity contribution is -0.302. The van der Waals surface area contributed by atoms with E-state index in [1.807, 2.05) is 19.1 Å². The van der Waals surface area contributed by atoms with E-state index in [0.29, 0.717) is 12.8 Å². The quantitative estimate of drug-likeness (QED) is 0.0262. The molecule has 0 aromatic rings. The summed E-state index contributed by atoms with van der Waals surface area (Å²) >= 11 is 0. The molecule has 9 nitrogen and oxygen atoms in total. The van der Waals surface area contributed by atoms with Gasteiger partial charge < -0.3 is 40.3 Å². The maximum Gasteiger partial charge on any atom is 0.220 e. The molecule has 6 N–H and O–H groups in total. The van der Waals surface area contributed by atoms with Gasteiger partial charge in [0.2, 0.25) is 5.91 Å². The summed E-state index contributed by atoms with van der Waals surface area (Å²) in [6, 6.07) is -0.846. The normalized spacial score (nSPS) is 20.8.